The molecule has 0 atom stereocenters. The molecule has 2 N–H and O–H groups in total. The molecule has 0 aliphatic carbocycles. The van der Waals surface area contributed by atoms with E-state index >= 15 is 0 Å². The maximum absolute atomic E-state index is 12.0. The van der Waals surface area contributed by atoms with Gasteiger partial charge in [-0.05, 0) is 32.0 Å². The zero-order valence-corrected chi connectivity index (χ0v) is 12.1. The second-order valence-electron chi connectivity index (χ2n) is 5.03. The number of H-pyrrole nitrogens is 1. The average molecular weight is 283 g/mol. The second-order valence-corrected chi connectivity index (χ2v) is 5.03. The van der Waals surface area contributed by atoms with Crippen molar-refractivity contribution in [2.75, 3.05) is 6.54 Å². The SMILES string of the molecule is Cc1cc(C(=O)NCCc2nc3ccccc3[nH]2)c(C)o1. The first-order chi connectivity index (χ1) is 10.1. The summed E-state index contributed by atoms with van der Waals surface area (Å²) in [4.78, 5) is 19.8. The molecule has 0 fully saturated rings. The van der Waals surface area contributed by atoms with Crippen LogP contribution in [0.5, 0.6) is 0 Å². The molecule has 1 amide bonds. The Labute approximate surface area is 122 Å². The predicted molar refractivity (Wildman–Crippen MR) is 80.3 cm³/mol. The first-order valence-electron chi connectivity index (χ1n) is 6.92. The van der Waals surface area contributed by atoms with Gasteiger partial charge < -0.3 is 14.7 Å². The standard InChI is InChI=1S/C16H17N3O2/c1-10-9-12(11(2)21-10)16(20)17-8-7-15-18-13-5-3-4-6-14(13)19-15/h3-6,9H,7-8H2,1-2H3,(H,17,20)(H,18,19). The minimum atomic E-state index is -0.111. The largest absolute Gasteiger partial charge is 0.466 e. The number of furan rings is 1. The first-order valence-corrected chi connectivity index (χ1v) is 6.92. The van der Waals surface area contributed by atoms with Gasteiger partial charge in [0.05, 0.1) is 16.6 Å². The molecule has 3 aromatic rings. The minimum Gasteiger partial charge on any atom is -0.466 e. The van der Waals surface area contributed by atoms with Crippen molar-refractivity contribution in [1.29, 1.82) is 0 Å². The second kappa shape index (κ2) is 5.44. The number of aromatic nitrogens is 2. The quantitative estimate of drug-likeness (QED) is 0.773. The van der Waals surface area contributed by atoms with E-state index in [-0.39, 0.29) is 5.91 Å². The van der Waals surface area contributed by atoms with E-state index in [1.54, 1.807) is 13.0 Å². The Morgan fingerprint density at radius 1 is 1.33 bits per heavy atom. The third-order valence-electron chi connectivity index (χ3n) is 3.37. The molecule has 5 nitrogen and oxygen atoms in total. The van der Waals surface area contributed by atoms with E-state index in [1.165, 1.54) is 0 Å². The number of carbonyl (C=O) groups is 1. The highest BCUT2D eigenvalue weighted by atomic mass is 16.3. The summed E-state index contributed by atoms with van der Waals surface area (Å²) in [6.45, 7) is 4.15. The van der Waals surface area contributed by atoms with Crippen LogP contribution in [-0.2, 0) is 6.42 Å². The number of rotatable bonds is 4. The van der Waals surface area contributed by atoms with Crippen molar-refractivity contribution in [3.05, 3.63) is 53.2 Å². The summed E-state index contributed by atoms with van der Waals surface area (Å²) >= 11 is 0. The molecule has 2 aromatic heterocycles. The number of amides is 1. The van der Waals surface area contributed by atoms with Gasteiger partial charge in [-0.25, -0.2) is 4.98 Å². The van der Waals surface area contributed by atoms with Crippen LogP contribution in [0.15, 0.2) is 34.7 Å². The van der Waals surface area contributed by atoms with Crippen LogP contribution >= 0.6 is 0 Å². The smallest absolute Gasteiger partial charge is 0.254 e. The van der Waals surface area contributed by atoms with E-state index in [0.717, 1.165) is 22.6 Å². The maximum atomic E-state index is 12.0. The highest BCUT2D eigenvalue weighted by Crippen LogP contribution is 2.13. The zero-order valence-electron chi connectivity index (χ0n) is 12.1. The Morgan fingerprint density at radius 2 is 2.14 bits per heavy atom. The summed E-state index contributed by atoms with van der Waals surface area (Å²) in [5.74, 6) is 2.15. The lowest BCUT2D eigenvalue weighted by molar-refractivity contribution is 0.0952. The lowest BCUT2D eigenvalue weighted by Gasteiger charge is -2.02. The molecule has 0 spiro atoms. The third-order valence-corrected chi connectivity index (χ3v) is 3.37. The number of fused-ring (bicyclic) bond motifs is 1. The van der Waals surface area contributed by atoms with Gasteiger partial charge in [-0.1, -0.05) is 12.1 Å². The van der Waals surface area contributed by atoms with Gasteiger partial charge in [0.15, 0.2) is 0 Å². The summed E-state index contributed by atoms with van der Waals surface area (Å²) in [5, 5.41) is 2.89. The molecule has 0 unspecified atom stereocenters. The number of hydrogen-bond acceptors (Lipinski definition) is 3. The van der Waals surface area contributed by atoms with Crippen LogP contribution in [0.4, 0.5) is 0 Å². The summed E-state index contributed by atoms with van der Waals surface area (Å²) < 4.78 is 5.36. The highest BCUT2D eigenvalue weighted by molar-refractivity contribution is 5.95. The van der Waals surface area contributed by atoms with E-state index in [4.69, 9.17) is 4.42 Å². The van der Waals surface area contributed by atoms with Crippen molar-refractivity contribution in [3.8, 4) is 0 Å². The molecule has 0 saturated heterocycles. The van der Waals surface area contributed by atoms with Crippen molar-refractivity contribution in [2.45, 2.75) is 20.3 Å². The van der Waals surface area contributed by atoms with Crippen molar-refractivity contribution < 1.29 is 9.21 Å². The van der Waals surface area contributed by atoms with Gasteiger partial charge in [0.2, 0.25) is 0 Å². The Balaban J connectivity index is 1.60. The Hall–Kier alpha value is -2.56. The van der Waals surface area contributed by atoms with Gasteiger partial charge in [0.1, 0.15) is 17.3 Å². The normalized spacial score (nSPS) is 11.0. The van der Waals surface area contributed by atoms with Crippen LogP contribution in [0.2, 0.25) is 0 Å². The van der Waals surface area contributed by atoms with Gasteiger partial charge in [-0.15, -0.1) is 0 Å². The summed E-state index contributed by atoms with van der Waals surface area (Å²) in [7, 11) is 0. The van der Waals surface area contributed by atoms with E-state index in [0.29, 0.717) is 24.3 Å². The molecule has 2 heterocycles. The van der Waals surface area contributed by atoms with E-state index in [9.17, 15) is 4.79 Å². The zero-order chi connectivity index (χ0) is 14.8. The number of benzene rings is 1. The number of aryl methyl sites for hydroxylation is 2. The Morgan fingerprint density at radius 3 is 2.86 bits per heavy atom. The number of nitrogens with zero attached hydrogens (tertiary/aromatic N) is 1. The van der Waals surface area contributed by atoms with Gasteiger partial charge in [0, 0.05) is 13.0 Å². The van der Waals surface area contributed by atoms with Crippen LogP contribution in [0, 0.1) is 13.8 Å². The van der Waals surface area contributed by atoms with E-state index in [2.05, 4.69) is 15.3 Å². The average Bonchev–Trinajstić information content (AvgIpc) is 3.01. The van der Waals surface area contributed by atoms with Crippen LogP contribution < -0.4 is 5.32 Å². The van der Waals surface area contributed by atoms with Crippen molar-refractivity contribution in [2.24, 2.45) is 0 Å². The molecule has 108 valence electrons. The lowest BCUT2D eigenvalue weighted by Crippen LogP contribution is -2.26. The van der Waals surface area contributed by atoms with Crippen LogP contribution in [0.25, 0.3) is 11.0 Å². The van der Waals surface area contributed by atoms with Crippen LogP contribution in [0.3, 0.4) is 0 Å². The van der Waals surface area contributed by atoms with Crippen LogP contribution in [0.1, 0.15) is 27.7 Å². The Bertz CT molecular complexity index is 753. The highest BCUT2D eigenvalue weighted by Gasteiger charge is 2.13. The molecular formula is C16H17N3O2. The molecule has 5 heteroatoms. The molecule has 0 aliphatic rings. The lowest BCUT2D eigenvalue weighted by atomic mass is 10.2. The third kappa shape index (κ3) is 2.81. The van der Waals surface area contributed by atoms with Crippen molar-refractivity contribution >= 4 is 16.9 Å². The number of aromatic amines is 1. The summed E-state index contributed by atoms with van der Waals surface area (Å²) in [5.41, 5.74) is 2.55. The van der Waals surface area contributed by atoms with Gasteiger partial charge in [-0.2, -0.15) is 0 Å². The number of carbonyl (C=O) groups excluding carboxylic acids is 1. The van der Waals surface area contributed by atoms with Gasteiger partial charge in [0.25, 0.3) is 5.91 Å². The molecule has 1 aromatic carbocycles. The van der Waals surface area contributed by atoms with Gasteiger partial charge in [-0.3, -0.25) is 4.79 Å². The molecule has 0 saturated carbocycles. The molecular weight excluding hydrogens is 266 g/mol. The fraction of sp³-hybridized carbons (Fsp3) is 0.250. The molecule has 3 rings (SSSR count). The first kappa shape index (κ1) is 13.4. The summed E-state index contributed by atoms with van der Waals surface area (Å²) in [6, 6.07) is 9.63. The van der Waals surface area contributed by atoms with E-state index < -0.39 is 0 Å². The van der Waals surface area contributed by atoms with Gasteiger partial charge >= 0.3 is 0 Å². The molecule has 0 aliphatic heterocycles. The maximum Gasteiger partial charge on any atom is 0.254 e. The van der Waals surface area contributed by atoms with E-state index in [1.807, 2.05) is 31.2 Å². The summed E-state index contributed by atoms with van der Waals surface area (Å²) in [6.07, 6.45) is 0.663. The monoisotopic (exact) mass is 283 g/mol. The molecule has 0 radical (unpaired) electrons. The number of para-hydroxylation sites is 2. The predicted octanol–water partition coefficient (Wildman–Crippen LogP) is 2.75. The minimum absolute atomic E-state index is 0.111. The number of nitrogens with one attached hydrogen (secondary N) is 2. The number of imidazole rings is 1. The fourth-order valence-electron chi connectivity index (χ4n) is 2.37. The fourth-order valence-corrected chi connectivity index (χ4v) is 2.37. The Kier molecular flexibility index (Phi) is 3.48. The van der Waals surface area contributed by atoms with Crippen molar-refractivity contribution in [1.82, 2.24) is 15.3 Å². The molecule has 21 heavy (non-hydrogen) atoms. The van der Waals surface area contributed by atoms with Crippen LogP contribution in [-0.4, -0.2) is 22.4 Å². The topological polar surface area (TPSA) is 70.9 Å². The van der Waals surface area contributed by atoms with Crippen molar-refractivity contribution in [3.63, 3.8) is 0 Å². The molecule has 0 bridgehead atoms. The number of hydrogen-bond donors (Lipinski definition) is 2.